The maximum absolute atomic E-state index is 12.7. The molecule has 0 unspecified atom stereocenters. The van der Waals surface area contributed by atoms with Crippen LogP contribution in [0.5, 0.6) is 0 Å². The molecule has 1 aromatic heterocycles. The first kappa shape index (κ1) is 21.2. The lowest BCUT2D eigenvalue weighted by Gasteiger charge is -2.31. The van der Waals surface area contributed by atoms with Crippen molar-refractivity contribution in [2.45, 2.75) is 26.2 Å². The van der Waals surface area contributed by atoms with Crippen LogP contribution >= 0.6 is 12.4 Å². The van der Waals surface area contributed by atoms with Crippen LogP contribution in [0.2, 0.25) is 0 Å². The normalized spacial score (nSPS) is 14.7. The minimum atomic E-state index is -0.0383. The van der Waals surface area contributed by atoms with E-state index in [9.17, 15) is 9.59 Å². The number of nitrogens with one attached hydrogen (secondary N) is 1. The molecule has 5 nitrogen and oxygen atoms in total. The van der Waals surface area contributed by atoms with E-state index in [-0.39, 0.29) is 24.1 Å². The molecule has 0 atom stereocenters. The fourth-order valence-electron chi connectivity index (χ4n) is 3.41. The average molecular weight is 391 g/mol. The lowest BCUT2D eigenvalue weighted by atomic mass is 9.93. The molecule has 27 heavy (non-hydrogen) atoms. The van der Waals surface area contributed by atoms with Gasteiger partial charge in [0.15, 0.2) is 11.5 Å². The van der Waals surface area contributed by atoms with Crippen molar-refractivity contribution in [3.8, 4) is 11.3 Å². The van der Waals surface area contributed by atoms with Crippen molar-refractivity contribution in [1.82, 2.24) is 10.2 Å². The van der Waals surface area contributed by atoms with E-state index in [0.29, 0.717) is 23.0 Å². The topological polar surface area (TPSA) is 62.6 Å². The number of halogens is 1. The Morgan fingerprint density at radius 3 is 2.37 bits per heavy atom. The van der Waals surface area contributed by atoms with Gasteiger partial charge in [0.25, 0.3) is 5.91 Å². The Hall–Kier alpha value is -2.11. The third-order valence-electron chi connectivity index (χ3n) is 5.10. The summed E-state index contributed by atoms with van der Waals surface area (Å²) < 4.78 is 5.79. The summed E-state index contributed by atoms with van der Waals surface area (Å²) in [5, 5.41) is 3.19. The van der Waals surface area contributed by atoms with Gasteiger partial charge in [-0.3, -0.25) is 9.59 Å². The summed E-state index contributed by atoms with van der Waals surface area (Å²) in [6.07, 6.45) is 3.26. The number of carbonyl (C=O) groups is 2. The highest BCUT2D eigenvalue weighted by molar-refractivity contribution is 5.94. The number of hydrogen-bond acceptors (Lipinski definition) is 4. The molecule has 6 heteroatoms. The Kier molecular flexibility index (Phi) is 7.63. The number of likely N-dealkylation sites (tertiary alicyclic amines) is 1. The van der Waals surface area contributed by atoms with E-state index < -0.39 is 0 Å². The SMILES string of the molecule is CNCCC1CCN(C(=O)c2ccc(-c3ccc(C(C)=O)cc3)o2)CC1.Cl. The summed E-state index contributed by atoms with van der Waals surface area (Å²) in [5.41, 5.74) is 1.53. The van der Waals surface area contributed by atoms with Crippen molar-refractivity contribution in [3.63, 3.8) is 0 Å². The highest BCUT2D eigenvalue weighted by Crippen LogP contribution is 2.26. The van der Waals surface area contributed by atoms with Gasteiger partial charge in [-0.1, -0.05) is 24.3 Å². The molecule has 1 aliphatic rings. The van der Waals surface area contributed by atoms with Gasteiger partial charge in [-0.15, -0.1) is 12.4 Å². The standard InChI is InChI=1S/C21H26N2O3.ClH/c1-15(24)17-3-5-18(6-4-17)19-7-8-20(26-19)21(25)23-13-10-16(11-14-23)9-12-22-2;/h3-8,16,22H,9-14H2,1-2H3;1H. The zero-order chi connectivity index (χ0) is 18.5. The molecule has 0 saturated carbocycles. The van der Waals surface area contributed by atoms with E-state index in [2.05, 4.69) is 5.32 Å². The molecule has 1 aromatic carbocycles. The zero-order valence-corrected chi connectivity index (χ0v) is 16.7. The van der Waals surface area contributed by atoms with E-state index in [0.717, 1.165) is 38.0 Å². The minimum absolute atomic E-state index is 0. The monoisotopic (exact) mass is 390 g/mol. The summed E-state index contributed by atoms with van der Waals surface area (Å²) in [7, 11) is 1.97. The zero-order valence-electron chi connectivity index (χ0n) is 15.9. The maximum Gasteiger partial charge on any atom is 0.289 e. The molecule has 1 aliphatic heterocycles. The Balaban J connectivity index is 0.00000261. The molecule has 2 heterocycles. The molecule has 2 aromatic rings. The lowest BCUT2D eigenvalue weighted by molar-refractivity contribution is 0.0656. The van der Waals surface area contributed by atoms with E-state index in [1.165, 1.54) is 6.42 Å². The molecule has 146 valence electrons. The van der Waals surface area contributed by atoms with Gasteiger partial charge in [0.05, 0.1) is 0 Å². The maximum atomic E-state index is 12.7. The highest BCUT2D eigenvalue weighted by Gasteiger charge is 2.25. The number of nitrogens with zero attached hydrogens (tertiary/aromatic N) is 1. The number of ketones is 1. The number of carbonyl (C=O) groups excluding carboxylic acids is 2. The van der Waals surface area contributed by atoms with Gasteiger partial charge in [0.1, 0.15) is 5.76 Å². The quantitative estimate of drug-likeness (QED) is 0.756. The number of rotatable bonds is 6. The van der Waals surface area contributed by atoms with Crippen molar-refractivity contribution in [1.29, 1.82) is 0 Å². The van der Waals surface area contributed by atoms with Crippen LogP contribution in [0.25, 0.3) is 11.3 Å². The minimum Gasteiger partial charge on any atom is -0.451 e. The average Bonchev–Trinajstić information content (AvgIpc) is 3.16. The highest BCUT2D eigenvalue weighted by atomic mass is 35.5. The van der Waals surface area contributed by atoms with E-state index >= 15 is 0 Å². The van der Waals surface area contributed by atoms with Crippen LogP contribution in [0.3, 0.4) is 0 Å². The molecule has 0 bridgehead atoms. The fourth-order valence-corrected chi connectivity index (χ4v) is 3.41. The number of benzene rings is 1. The fraction of sp³-hybridized carbons (Fsp3) is 0.429. The van der Waals surface area contributed by atoms with Crippen LogP contribution in [-0.2, 0) is 0 Å². The van der Waals surface area contributed by atoms with Gasteiger partial charge >= 0.3 is 0 Å². The van der Waals surface area contributed by atoms with Gasteiger partial charge < -0.3 is 14.6 Å². The number of piperidine rings is 1. The van der Waals surface area contributed by atoms with Crippen molar-refractivity contribution < 1.29 is 14.0 Å². The van der Waals surface area contributed by atoms with Crippen molar-refractivity contribution in [3.05, 3.63) is 47.7 Å². The molecular weight excluding hydrogens is 364 g/mol. The number of amides is 1. The molecule has 0 spiro atoms. The van der Waals surface area contributed by atoms with Crippen molar-refractivity contribution >= 4 is 24.1 Å². The number of Topliss-reactive ketones (excluding diaryl/α,β-unsaturated/α-hetero) is 1. The molecular formula is C21H27ClN2O3. The van der Waals surface area contributed by atoms with E-state index in [1.807, 2.05) is 30.1 Å². The summed E-state index contributed by atoms with van der Waals surface area (Å²) in [4.78, 5) is 25.9. The largest absolute Gasteiger partial charge is 0.451 e. The molecule has 3 rings (SSSR count). The van der Waals surface area contributed by atoms with Crippen LogP contribution in [0.1, 0.15) is 47.1 Å². The second-order valence-corrected chi connectivity index (χ2v) is 6.93. The van der Waals surface area contributed by atoms with Crippen LogP contribution in [-0.4, -0.2) is 43.3 Å². The molecule has 1 amide bonds. The Morgan fingerprint density at radius 2 is 1.78 bits per heavy atom. The van der Waals surface area contributed by atoms with Gasteiger partial charge in [0, 0.05) is 24.2 Å². The Bertz CT molecular complexity index is 762. The molecule has 1 fully saturated rings. The van der Waals surface area contributed by atoms with Gasteiger partial charge in [-0.2, -0.15) is 0 Å². The summed E-state index contributed by atoms with van der Waals surface area (Å²) >= 11 is 0. The second-order valence-electron chi connectivity index (χ2n) is 6.93. The Morgan fingerprint density at radius 1 is 1.11 bits per heavy atom. The van der Waals surface area contributed by atoms with Crippen LogP contribution in [0.4, 0.5) is 0 Å². The smallest absolute Gasteiger partial charge is 0.289 e. The van der Waals surface area contributed by atoms with Crippen molar-refractivity contribution in [2.75, 3.05) is 26.7 Å². The number of hydrogen-bond donors (Lipinski definition) is 1. The third kappa shape index (κ3) is 5.21. The molecule has 0 aliphatic carbocycles. The number of furan rings is 1. The van der Waals surface area contributed by atoms with Crippen LogP contribution in [0, 0.1) is 5.92 Å². The summed E-state index contributed by atoms with van der Waals surface area (Å²) in [6, 6.07) is 10.8. The first-order chi connectivity index (χ1) is 12.6. The molecule has 1 N–H and O–H groups in total. The summed E-state index contributed by atoms with van der Waals surface area (Å²) in [5.74, 6) is 1.71. The van der Waals surface area contributed by atoms with Gasteiger partial charge in [-0.25, -0.2) is 0 Å². The predicted octanol–water partition coefficient (Wildman–Crippen LogP) is 4.03. The summed E-state index contributed by atoms with van der Waals surface area (Å²) in [6.45, 7) is 4.15. The first-order valence-electron chi connectivity index (χ1n) is 9.23. The molecule has 1 saturated heterocycles. The third-order valence-corrected chi connectivity index (χ3v) is 5.10. The predicted molar refractivity (Wildman–Crippen MR) is 109 cm³/mol. The van der Waals surface area contributed by atoms with E-state index in [4.69, 9.17) is 4.42 Å². The molecule has 0 radical (unpaired) electrons. The van der Waals surface area contributed by atoms with Gasteiger partial charge in [-0.05, 0) is 57.8 Å². The van der Waals surface area contributed by atoms with Crippen molar-refractivity contribution in [2.24, 2.45) is 5.92 Å². The van der Waals surface area contributed by atoms with E-state index in [1.54, 1.807) is 25.1 Å². The van der Waals surface area contributed by atoms with Crippen LogP contribution < -0.4 is 5.32 Å². The second kappa shape index (κ2) is 9.72. The van der Waals surface area contributed by atoms with Gasteiger partial charge in [0.2, 0.25) is 0 Å². The lowest BCUT2D eigenvalue weighted by Crippen LogP contribution is -2.38. The first-order valence-corrected chi connectivity index (χ1v) is 9.23. The van der Waals surface area contributed by atoms with Crippen LogP contribution in [0.15, 0.2) is 40.8 Å². The Labute approximate surface area is 166 Å².